The van der Waals surface area contributed by atoms with Crippen LogP contribution in [0.3, 0.4) is 0 Å². The van der Waals surface area contributed by atoms with E-state index in [1.165, 1.54) is 12.5 Å². The van der Waals surface area contributed by atoms with E-state index in [4.69, 9.17) is 9.72 Å². The normalized spacial score (nSPS) is 11.9. The van der Waals surface area contributed by atoms with Crippen LogP contribution >= 0.6 is 0 Å². The Hall–Kier alpha value is -3.64. The second kappa shape index (κ2) is 9.45. The molecule has 0 saturated carbocycles. The molecule has 0 unspecified atom stereocenters. The summed E-state index contributed by atoms with van der Waals surface area (Å²) in [5, 5.41) is 13.4. The van der Waals surface area contributed by atoms with Crippen LogP contribution in [-0.2, 0) is 17.8 Å². The van der Waals surface area contributed by atoms with E-state index in [0.29, 0.717) is 24.4 Å². The number of para-hydroxylation sites is 2. The highest BCUT2D eigenvalue weighted by atomic mass is 16.5. The van der Waals surface area contributed by atoms with Gasteiger partial charge in [0.2, 0.25) is 5.91 Å². The first-order chi connectivity index (χ1) is 15.1. The van der Waals surface area contributed by atoms with Crippen molar-refractivity contribution in [1.82, 2.24) is 9.55 Å². The third kappa shape index (κ3) is 5.29. The van der Waals surface area contributed by atoms with Crippen LogP contribution < -0.4 is 10.1 Å². The average Bonchev–Trinajstić information content (AvgIpc) is 3.10. The van der Waals surface area contributed by atoms with Crippen molar-refractivity contribution in [3.05, 3.63) is 90.3 Å². The quantitative estimate of drug-likeness (QED) is 0.456. The molecule has 0 aliphatic heterocycles. The van der Waals surface area contributed by atoms with Crippen LogP contribution in [0.1, 0.15) is 18.3 Å². The monoisotopic (exact) mass is 415 g/mol. The van der Waals surface area contributed by atoms with Gasteiger partial charge in [-0.05, 0) is 42.0 Å². The van der Waals surface area contributed by atoms with Crippen molar-refractivity contribution in [3.63, 3.8) is 0 Å². The average molecular weight is 415 g/mol. The predicted octanol–water partition coefficient (Wildman–Crippen LogP) is 4.03. The number of anilines is 1. The number of aliphatic hydroxyl groups excluding tert-OH is 1. The van der Waals surface area contributed by atoms with Gasteiger partial charge in [0.15, 0.2) is 0 Å². The van der Waals surface area contributed by atoms with Crippen LogP contribution in [0.2, 0.25) is 0 Å². The van der Waals surface area contributed by atoms with Crippen molar-refractivity contribution in [1.29, 1.82) is 0 Å². The standard InChI is InChI=1S/C25H25N3O3/c1-18(29)26-20-11-13-22(14-12-20)31-17-21(30)16-28-24-10-6-5-9-23(24)27-25(28)15-19-7-3-2-4-8-19/h2-14,21,30H,15-17H2,1H3,(H,26,29)/t21-/m0/s1. The van der Waals surface area contributed by atoms with Crippen molar-refractivity contribution < 1.29 is 14.6 Å². The van der Waals surface area contributed by atoms with Gasteiger partial charge in [-0.25, -0.2) is 4.98 Å². The van der Waals surface area contributed by atoms with E-state index in [-0.39, 0.29) is 12.5 Å². The summed E-state index contributed by atoms with van der Waals surface area (Å²) in [6.07, 6.45) is -0.0181. The third-order valence-electron chi connectivity index (χ3n) is 4.95. The van der Waals surface area contributed by atoms with Crippen LogP contribution in [0.25, 0.3) is 11.0 Å². The van der Waals surface area contributed by atoms with Crippen molar-refractivity contribution in [2.75, 3.05) is 11.9 Å². The van der Waals surface area contributed by atoms with E-state index < -0.39 is 6.10 Å². The van der Waals surface area contributed by atoms with E-state index in [9.17, 15) is 9.90 Å². The number of fused-ring (bicyclic) bond motifs is 1. The molecule has 0 fully saturated rings. The first-order valence-corrected chi connectivity index (χ1v) is 10.2. The number of rotatable bonds is 8. The number of benzene rings is 3. The van der Waals surface area contributed by atoms with Gasteiger partial charge in [0.05, 0.1) is 17.6 Å². The summed E-state index contributed by atoms with van der Waals surface area (Å²) in [4.78, 5) is 15.9. The Morgan fingerprint density at radius 1 is 1.03 bits per heavy atom. The number of imidazole rings is 1. The smallest absolute Gasteiger partial charge is 0.221 e. The molecule has 0 bridgehead atoms. The Bertz CT molecular complexity index is 1150. The molecule has 3 aromatic carbocycles. The summed E-state index contributed by atoms with van der Waals surface area (Å²) in [6, 6.07) is 25.2. The van der Waals surface area contributed by atoms with Gasteiger partial charge in [0.1, 0.15) is 24.3 Å². The second-order valence-corrected chi connectivity index (χ2v) is 7.46. The maximum atomic E-state index is 11.1. The summed E-state index contributed by atoms with van der Waals surface area (Å²) in [6.45, 7) is 2.00. The van der Waals surface area contributed by atoms with E-state index in [1.807, 2.05) is 42.5 Å². The van der Waals surface area contributed by atoms with Gasteiger partial charge in [-0.1, -0.05) is 42.5 Å². The van der Waals surface area contributed by atoms with Gasteiger partial charge in [0.25, 0.3) is 0 Å². The van der Waals surface area contributed by atoms with Crippen LogP contribution in [0.5, 0.6) is 5.75 Å². The highest BCUT2D eigenvalue weighted by molar-refractivity contribution is 5.88. The molecule has 158 valence electrons. The molecule has 31 heavy (non-hydrogen) atoms. The Morgan fingerprint density at radius 3 is 2.48 bits per heavy atom. The molecule has 0 saturated heterocycles. The zero-order chi connectivity index (χ0) is 21.6. The van der Waals surface area contributed by atoms with Crippen molar-refractivity contribution in [2.24, 2.45) is 0 Å². The molecule has 1 amide bonds. The van der Waals surface area contributed by atoms with E-state index in [1.54, 1.807) is 24.3 Å². The van der Waals surface area contributed by atoms with Gasteiger partial charge in [-0.3, -0.25) is 4.79 Å². The fraction of sp³-hybridized carbons (Fsp3) is 0.200. The fourth-order valence-corrected chi connectivity index (χ4v) is 3.54. The molecule has 2 N–H and O–H groups in total. The number of aromatic nitrogens is 2. The predicted molar refractivity (Wildman–Crippen MR) is 121 cm³/mol. The molecule has 4 aromatic rings. The molecule has 0 aliphatic rings. The molecule has 1 aromatic heterocycles. The number of aliphatic hydroxyl groups is 1. The Morgan fingerprint density at radius 2 is 1.74 bits per heavy atom. The second-order valence-electron chi connectivity index (χ2n) is 7.46. The molecule has 0 radical (unpaired) electrons. The number of hydrogen-bond acceptors (Lipinski definition) is 4. The van der Waals surface area contributed by atoms with Crippen LogP contribution in [0.4, 0.5) is 5.69 Å². The fourth-order valence-electron chi connectivity index (χ4n) is 3.54. The maximum absolute atomic E-state index is 11.1. The first-order valence-electron chi connectivity index (χ1n) is 10.2. The minimum Gasteiger partial charge on any atom is -0.491 e. The summed E-state index contributed by atoms with van der Waals surface area (Å²) in [5.41, 5.74) is 3.78. The highest BCUT2D eigenvalue weighted by Crippen LogP contribution is 2.20. The number of carbonyl (C=O) groups excluding carboxylic acids is 1. The van der Waals surface area contributed by atoms with E-state index >= 15 is 0 Å². The van der Waals surface area contributed by atoms with Gasteiger partial charge in [-0.2, -0.15) is 0 Å². The number of nitrogens with one attached hydrogen (secondary N) is 1. The number of hydrogen-bond donors (Lipinski definition) is 2. The van der Waals surface area contributed by atoms with Crippen LogP contribution in [-0.4, -0.2) is 33.3 Å². The van der Waals surface area contributed by atoms with E-state index in [0.717, 1.165) is 16.9 Å². The lowest BCUT2D eigenvalue weighted by atomic mass is 10.1. The van der Waals surface area contributed by atoms with Crippen molar-refractivity contribution in [2.45, 2.75) is 26.0 Å². The third-order valence-corrected chi connectivity index (χ3v) is 4.95. The molecule has 6 nitrogen and oxygen atoms in total. The van der Waals surface area contributed by atoms with Crippen molar-refractivity contribution in [3.8, 4) is 5.75 Å². The Labute approximate surface area is 181 Å². The highest BCUT2D eigenvalue weighted by Gasteiger charge is 2.15. The Balaban J connectivity index is 1.46. The number of amides is 1. The van der Waals surface area contributed by atoms with Gasteiger partial charge >= 0.3 is 0 Å². The molecule has 1 heterocycles. The number of nitrogens with zero attached hydrogens (tertiary/aromatic N) is 2. The molecule has 1 atom stereocenters. The minimum absolute atomic E-state index is 0.122. The minimum atomic E-state index is -0.706. The van der Waals surface area contributed by atoms with Crippen molar-refractivity contribution >= 4 is 22.6 Å². The lowest BCUT2D eigenvalue weighted by Crippen LogP contribution is -2.24. The molecule has 0 aliphatic carbocycles. The molecular formula is C25H25N3O3. The Kier molecular flexibility index (Phi) is 6.29. The van der Waals surface area contributed by atoms with E-state index in [2.05, 4.69) is 22.0 Å². The zero-order valence-corrected chi connectivity index (χ0v) is 17.4. The summed E-state index contributed by atoms with van der Waals surface area (Å²) in [7, 11) is 0. The summed E-state index contributed by atoms with van der Waals surface area (Å²) >= 11 is 0. The molecular weight excluding hydrogens is 390 g/mol. The van der Waals surface area contributed by atoms with Gasteiger partial charge in [0, 0.05) is 19.0 Å². The SMILES string of the molecule is CC(=O)Nc1ccc(OC[C@@H](O)Cn2c(Cc3ccccc3)nc3ccccc32)cc1. The largest absolute Gasteiger partial charge is 0.491 e. The summed E-state index contributed by atoms with van der Waals surface area (Å²) < 4.78 is 7.82. The lowest BCUT2D eigenvalue weighted by molar-refractivity contribution is -0.114. The van der Waals surface area contributed by atoms with Crippen LogP contribution in [0.15, 0.2) is 78.9 Å². The van der Waals surface area contributed by atoms with Crippen LogP contribution in [0, 0.1) is 0 Å². The summed E-state index contributed by atoms with van der Waals surface area (Å²) in [5.74, 6) is 1.42. The molecule has 0 spiro atoms. The topological polar surface area (TPSA) is 76.4 Å². The number of carbonyl (C=O) groups is 1. The molecule has 6 heteroatoms. The lowest BCUT2D eigenvalue weighted by Gasteiger charge is -2.16. The zero-order valence-electron chi connectivity index (χ0n) is 17.4. The van der Waals surface area contributed by atoms with Gasteiger partial charge in [-0.15, -0.1) is 0 Å². The first kappa shape index (κ1) is 20.6. The molecule has 4 rings (SSSR count). The number of ether oxygens (including phenoxy) is 1. The van der Waals surface area contributed by atoms with Gasteiger partial charge < -0.3 is 19.7 Å². The maximum Gasteiger partial charge on any atom is 0.221 e.